The van der Waals surface area contributed by atoms with Gasteiger partial charge in [-0.1, -0.05) is 26.0 Å². The molecule has 1 aliphatic rings. The number of nitrogen functional groups attached to an aromatic ring is 1. The molecular formula is C22H26N6O2. The second-order valence-corrected chi connectivity index (χ2v) is 7.74. The molecule has 2 heterocycles. The van der Waals surface area contributed by atoms with Crippen LogP contribution in [0.1, 0.15) is 43.2 Å². The van der Waals surface area contributed by atoms with E-state index in [2.05, 4.69) is 9.97 Å². The molecule has 156 valence electrons. The van der Waals surface area contributed by atoms with Crippen molar-refractivity contribution in [1.82, 2.24) is 19.8 Å². The van der Waals surface area contributed by atoms with Crippen molar-refractivity contribution in [3.05, 3.63) is 41.7 Å². The Bertz CT molecular complexity index is 997. The van der Waals surface area contributed by atoms with Gasteiger partial charge in [-0.2, -0.15) is 5.26 Å². The fourth-order valence-corrected chi connectivity index (χ4v) is 3.67. The smallest absolute Gasteiger partial charge is 0.254 e. The van der Waals surface area contributed by atoms with Gasteiger partial charge in [-0.05, 0) is 31.4 Å². The number of rotatable bonds is 5. The van der Waals surface area contributed by atoms with Crippen molar-refractivity contribution in [2.24, 2.45) is 5.92 Å². The maximum atomic E-state index is 13.3. The van der Waals surface area contributed by atoms with Crippen LogP contribution in [0.25, 0.3) is 11.3 Å². The predicted octanol–water partition coefficient (Wildman–Crippen LogP) is 2.32. The summed E-state index contributed by atoms with van der Waals surface area (Å²) in [5.74, 6) is 0.171. The van der Waals surface area contributed by atoms with Crippen molar-refractivity contribution in [3.8, 4) is 17.3 Å². The van der Waals surface area contributed by atoms with Gasteiger partial charge in [0.2, 0.25) is 5.91 Å². The molecule has 8 heteroatoms. The molecule has 1 aromatic carbocycles. The fourth-order valence-electron chi connectivity index (χ4n) is 3.67. The normalized spacial score (nSPS) is 16.6. The Morgan fingerprint density at radius 3 is 2.80 bits per heavy atom. The molecule has 0 spiro atoms. The number of carbonyl (C=O) groups excluding carboxylic acids is 2. The van der Waals surface area contributed by atoms with Crippen LogP contribution in [-0.2, 0) is 4.79 Å². The van der Waals surface area contributed by atoms with E-state index < -0.39 is 6.04 Å². The summed E-state index contributed by atoms with van der Waals surface area (Å²) in [4.78, 5) is 38.0. The second kappa shape index (κ2) is 8.91. The van der Waals surface area contributed by atoms with Crippen molar-refractivity contribution in [1.29, 1.82) is 5.26 Å². The van der Waals surface area contributed by atoms with Gasteiger partial charge in [-0.25, -0.2) is 9.97 Å². The highest BCUT2D eigenvalue weighted by Crippen LogP contribution is 2.24. The number of nitrogens with two attached hydrogens (primary N) is 1. The monoisotopic (exact) mass is 406 g/mol. The number of piperazine rings is 1. The van der Waals surface area contributed by atoms with Crippen LogP contribution in [0.4, 0.5) is 5.82 Å². The summed E-state index contributed by atoms with van der Waals surface area (Å²) in [6, 6.07) is 8.45. The molecule has 1 atom stereocenters. The van der Waals surface area contributed by atoms with Gasteiger partial charge in [0.05, 0.1) is 11.9 Å². The highest BCUT2D eigenvalue weighted by molar-refractivity contribution is 5.99. The molecule has 2 aromatic rings. The highest BCUT2D eigenvalue weighted by atomic mass is 16.2. The highest BCUT2D eigenvalue weighted by Gasteiger charge is 2.37. The second-order valence-electron chi connectivity index (χ2n) is 7.74. The van der Waals surface area contributed by atoms with E-state index in [9.17, 15) is 9.59 Å². The van der Waals surface area contributed by atoms with Crippen LogP contribution in [0, 0.1) is 17.2 Å². The predicted molar refractivity (Wildman–Crippen MR) is 113 cm³/mol. The van der Waals surface area contributed by atoms with Gasteiger partial charge >= 0.3 is 0 Å². The standard InChI is InChI=1S/C22H26N6O2/c1-4-27-8-9-28(19(22(27)30)10-14(2)3)21(29)16-7-5-6-15(11-16)18-13-25-20(24)17(12-23)26-18/h5-7,11,13-14,19H,4,8-10H2,1-3H3,(H2,24,25). The average Bonchev–Trinajstić information content (AvgIpc) is 2.74. The van der Waals surface area contributed by atoms with Gasteiger partial charge in [-0.3, -0.25) is 9.59 Å². The van der Waals surface area contributed by atoms with Gasteiger partial charge in [0.25, 0.3) is 5.91 Å². The first-order valence-electron chi connectivity index (χ1n) is 10.1. The van der Waals surface area contributed by atoms with Crippen molar-refractivity contribution >= 4 is 17.6 Å². The first-order chi connectivity index (χ1) is 14.3. The molecule has 8 nitrogen and oxygen atoms in total. The summed E-state index contributed by atoms with van der Waals surface area (Å²) in [6.07, 6.45) is 2.10. The lowest BCUT2D eigenvalue weighted by Gasteiger charge is -2.41. The average molecular weight is 406 g/mol. The third-order valence-electron chi connectivity index (χ3n) is 5.23. The first-order valence-corrected chi connectivity index (χ1v) is 10.1. The van der Waals surface area contributed by atoms with Crippen LogP contribution in [0.5, 0.6) is 0 Å². The number of benzene rings is 1. The zero-order valence-electron chi connectivity index (χ0n) is 17.5. The van der Waals surface area contributed by atoms with Gasteiger partial charge in [0, 0.05) is 30.8 Å². The minimum absolute atomic E-state index is 0.00465. The summed E-state index contributed by atoms with van der Waals surface area (Å²) in [7, 11) is 0. The minimum atomic E-state index is -0.462. The van der Waals surface area contributed by atoms with Gasteiger partial charge < -0.3 is 15.5 Å². The number of aromatic nitrogens is 2. The van der Waals surface area contributed by atoms with Crippen LogP contribution in [-0.4, -0.2) is 57.3 Å². The van der Waals surface area contributed by atoms with Crippen LogP contribution in [0.2, 0.25) is 0 Å². The number of hydrogen-bond acceptors (Lipinski definition) is 6. The van der Waals surface area contributed by atoms with E-state index in [0.29, 0.717) is 42.9 Å². The number of anilines is 1. The van der Waals surface area contributed by atoms with Crippen molar-refractivity contribution < 1.29 is 9.59 Å². The molecule has 0 aliphatic carbocycles. The zero-order valence-corrected chi connectivity index (χ0v) is 17.5. The summed E-state index contributed by atoms with van der Waals surface area (Å²) in [5, 5.41) is 9.14. The maximum absolute atomic E-state index is 13.3. The van der Waals surface area contributed by atoms with Gasteiger partial charge in [0.1, 0.15) is 12.1 Å². The fraction of sp³-hybridized carbons (Fsp3) is 0.409. The van der Waals surface area contributed by atoms with Crippen LogP contribution in [0.15, 0.2) is 30.5 Å². The maximum Gasteiger partial charge on any atom is 0.254 e. The van der Waals surface area contributed by atoms with E-state index in [0.717, 1.165) is 0 Å². The van der Waals surface area contributed by atoms with E-state index in [1.165, 1.54) is 6.20 Å². The quantitative estimate of drug-likeness (QED) is 0.814. The Morgan fingerprint density at radius 2 is 2.13 bits per heavy atom. The van der Waals surface area contributed by atoms with E-state index in [4.69, 9.17) is 11.0 Å². The summed E-state index contributed by atoms with van der Waals surface area (Å²) in [6.45, 7) is 7.73. The molecule has 1 aromatic heterocycles. The van der Waals surface area contributed by atoms with Crippen LogP contribution >= 0.6 is 0 Å². The van der Waals surface area contributed by atoms with Crippen molar-refractivity contribution in [2.45, 2.75) is 33.2 Å². The van der Waals surface area contributed by atoms with Gasteiger partial charge in [0.15, 0.2) is 11.5 Å². The number of likely N-dealkylation sites (N-methyl/N-ethyl adjacent to an activating group) is 1. The Kier molecular flexibility index (Phi) is 6.31. The summed E-state index contributed by atoms with van der Waals surface area (Å²) in [5.41, 5.74) is 7.28. The molecule has 0 bridgehead atoms. The minimum Gasteiger partial charge on any atom is -0.381 e. The molecule has 0 radical (unpaired) electrons. The number of carbonyl (C=O) groups is 2. The third kappa shape index (κ3) is 4.25. The van der Waals surface area contributed by atoms with Gasteiger partial charge in [-0.15, -0.1) is 0 Å². The Labute approximate surface area is 176 Å². The molecular weight excluding hydrogens is 380 g/mol. The van der Waals surface area contributed by atoms with Crippen LogP contribution < -0.4 is 5.73 Å². The lowest BCUT2D eigenvalue weighted by molar-refractivity contribution is -0.140. The van der Waals surface area contributed by atoms with E-state index in [1.807, 2.05) is 26.8 Å². The lowest BCUT2D eigenvalue weighted by atomic mass is 9.97. The molecule has 0 saturated carbocycles. The number of nitrogens with zero attached hydrogens (tertiary/aromatic N) is 5. The Morgan fingerprint density at radius 1 is 1.37 bits per heavy atom. The molecule has 30 heavy (non-hydrogen) atoms. The Hall–Kier alpha value is -3.47. The van der Waals surface area contributed by atoms with E-state index in [1.54, 1.807) is 34.1 Å². The molecule has 1 fully saturated rings. The number of amides is 2. The third-order valence-corrected chi connectivity index (χ3v) is 5.23. The molecule has 3 rings (SSSR count). The van der Waals surface area contributed by atoms with Crippen molar-refractivity contribution in [3.63, 3.8) is 0 Å². The van der Waals surface area contributed by atoms with Crippen molar-refractivity contribution in [2.75, 3.05) is 25.4 Å². The molecule has 2 amide bonds. The lowest BCUT2D eigenvalue weighted by Crippen LogP contribution is -2.58. The SMILES string of the molecule is CCN1CCN(C(=O)c2cccc(-c3cnc(N)c(C#N)n3)c2)C(CC(C)C)C1=O. The molecule has 2 N–H and O–H groups in total. The van der Waals surface area contributed by atoms with E-state index in [-0.39, 0.29) is 29.2 Å². The van der Waals surface area contributed by atoms with E-state index >= 15 is 0 Å². The molecule has 1 saturated heterocycles. The largest absolute Gasteiger partial charge is 0.381 e. The van der Waals surface area contributed by atoms with Crippen LogP contribution in [0.3, 0.4) is 0 Å². The molecule has 1 unspecified atom stereocenters. The summed E-state index contributed by atoms with van der Waals surface area (Å²) >= 11 is 0. The zero-order chi connectivity index (χ0) is 21.8. The Balaban J connectivity index is 1.92. The number of nitriles is 1. The topological polar surface area (TPSA) is 116 Å². The number of hydrogen-bond donors (Lipinski definition) is 1. The molecule has 1 aliphatic heterocycles. The summed E-state index contributed by atoms with van der Waals surface area (Å²) < 4.78 is 0. The first kappa shape index (κ1) is 21.2.